The molecule has 0 bridgehead atoms. The zero-order valence-electron chi connectivity index (χ0n) is 11.6. The van der Waals surface area contributed by atoms with E-state index in [-0.39, 0.29) is 12.6 Å². The minimum Gasteiger partial charge on any atom is -0.481 e. The second-order valence-corrected chi connectivity index (χ2v) is 6.37. The number of halogens is 1. The van der Waals surface area contributed by atoms with Gasteiger partial charge in [0.2, 0.25) is 0 Å². The third-order valence-electron chi connectivity index (χ3n) is 2.85. The lowest BCUT2D eigenvalue weighted by atomic mass is 10.0. The first-order valence-corrected chi connectivity index (χ1v) is 7.59. The molecule has 0 aliphatic carbocycles. The summed E-state index contributed by atoms with van der Waals surface area (Å²) in [7, 11) is 1.67. The Morgan fingerprint density at radius 2 is 2.20 bits per heavy atom. The highest BCUT2D eigenvalue weighted by Gasteiger charge is 2.18. The molecule has 5 nitrogen and oxygen atoms in total. The van der Waals surface area contributed by atoms with Gasteiger partial charge in [0.15, 0.2) is 0 Å². The van der Waals surface area contributed by atoms with Crippen molar-refractivity contribution in [1.82, 2.24) is 10.2 Å². The molecule has 0 saturated heterocycles. The van der Waals surface area contributed by atoms with Gasteiger partial charge in [0.05, 0.1) is 16.8 Å². The fourth-order valence-electron chi connectivity index (χ4n) is 1.75. The van der Waals surface area contributed by atoms with Gasteiger partial charge in [-0.2, -0.15) is 0 Å². The number of urea groups is 1. The molecule has 1 heterocycles. The quantitative estimate of drug-likeness (QED) is 0.811. The number of rotatable bonds is 7. The zero-order valence-corrected chi connectivity index (χ0v) is 13.1. The van der Waals surface area contributed by atoms with Gasteiger partial charge in [-0.1, -0.05) is 24.9 Å². The maximum atomic E-state index is 11.9. The summed E-state index contributed by atoms with van der Waals surface area (Å²) in [6.07, 6.45) is 1.33. The van der Waals surface area contributed by atoms with E-state index in [1.54, 1.807) is 13.1 Å². The summed E-state index contributed by atoms with van der Waals surface area (Å²) in [4.78, 5) is 25.4. The number of amides is 2. The van der Waals surface area contributed by atoms with Gasteiger partial charge in [-0.05, 0) is 18.6 Å². The third-order valence-corrected chi connectivity index (χ3v) is 4.07. The first-order valence-electron chi connectivity index (χ1n) is 6.40. The molecule has 2 amide bonds. The summed E-state index contributed by atoms with van der Waals surface area (Å²) >= 11 is 7.25. The zero-order chi connectivity index (χ0) is 15.1. The predicted octanol–water partition coefficient (Wildman–Crippen LogP) is 3.04. The van der Waals surface area contributed by atoms with Gasteiger partial charge >= 0.3 is 12.0 Å². The molecule has 0 aliphatic heterocycles. The molecule has 0 spiro atoms. The Balaban J connectivity index is 2.43. The molecular formula is C13H19ClN2O3S. The number of carboxylic acids is 1. The summed E-state index contributed by atoms with van der Waals surface area (Å²) in [5.41, 5.74) is 0. The Kier molecular flexibility index (Phi) is 6.81. The van der Waals surface area contributed by atoms with Crippen LogP contribution >= 0.6 is 22.9 Å². The Labute approximate surface area is 127 Å². The van der Waals surface area contributed by atoms with Crippen LogP contribution in [0.25, 0.3) is 0 Å². The molecule has 0 radical (unpaired) electrons. The lowest BCUT2D eigenvalue weighted by Gasteiger charge is -2.19. The molecule has 20 heavy (non-hydrogen) atoms. The third kappa shape index (κ3) is 5.38. The minimum absolute atomic E-state index is 0.150. The largest absolute Gasteiger partial charge is 0.481 e. The van der Waals surface area contributed by atoms with E-state index in [1.165, 1.54) is 16.2 Å². The Hall–Kier alpha value is -1.27. The Morgan fingerprint density at radius 1 is 1.50 bits per heavy atom. The van der Waals surface area contributed by atoms with Gasteiger partial charge in [-0.15, -0.1) is 11.3 Å². The van der Waals surface area contributed by atoms with Crippen molar-refractivity contribution in [3.8, 4) is 0 Å². The predicted molar refractivity (Wildman–Crippen MR) is 80.2 cm³/mol. The van der Waals surface area contributed by atoms with Gasteiger partial charge in [-0.3, -0.25) is 4.79 Å². The van der Waals surface area contributed by atoms with Crippen LogP contribution in [0.3, 0.4) is 0 Å². The van der Waals surface area contributed by atoms with Crippen LogP contribution in [0.1, 0.15) is 24.6 Å². The van der Waals surface area contributed by atoms with Crippen LogP contribution in [-0.4, -0.2) is 35.6 Å². The van der Waals surface area contributed by atoms with Gasteiger partial charge in [-0.25, -0.2) is 4.79 Å². The van der Waals surface area contributed by atoms with Gasteiger partial charge in [0.1, 0.15) is 0 Å². The van der Waals surface area contributed by atoms with Crippen LogP contribution < -0.4 is 5.32 Å². The Bertz CT molecular complexity index is 464. The summed E-state index contributed by atoms with van der Waals surface area (Å²) < 4.78 is 0.683. The van der Waals surface area contributed by atoms with E-state index in [9.17, 15) is 9.59 Å². The second kappa shape index (κ2) is 8.11. The number of carbonyl (C=O) groups is 2. The van der Waals surface area contributed by atoms with Crippen molar-refractivity contribution in [2.75, 3.05) is 13.6 Å². The van der Waals surface area contributed by atoms with Crippen LogP contribution in [-0.2, 0) is 11.3 Å². The van der Waals surface area contributed by atoms with E-state index in [0.717, 1.165) is 11.3 Å². The molecule has 0 aromatic carbocycles. The van der Waals surface area contributed by atoms with Crippen molar-refractivity contribution in [3.63, 3.8) is 0 Å². The molecule has 0 saturated carbocycles. The number of nitrogens with zero attached hydrogens (tertiary/aromatic N) is 1. The molecule has 1 aromatic rings. The molecule has 112 valence electrons. The Morgan fingerprint density at radius 3 is 2.70 bits per heavy atom. The molecule has 1 aromatic heterocycles. The SMILES string of the molecule is CCCC(CNC(=O)N(C)Cc1ccc(Cl)s1)C(=O)O. The molecule has 1 atom stereocenters. The average molecular weight is 319 g/mol. The number of thiophene rings is 1. The summed E-state index contributed by atoms with van der Waals surface area (Å²) in [5.74, 6) is -1.41. The van der Waals surface area contributed by atoms with E-state index in [1.807, 2.05) is 13.0 Å². The molecule has 7 heteroatoms. The number of carbonyl (C=O) groups excluding carboxylic acids is 1. The van der Waals surface area contributed by atoms with E-state index < -0.39 is 11.9 Å². The van der Waals surface area contributed by atoms with Crippen molar-refractivity contribution >= 4 is 34.9 Å². The highest BCUT2D eigenvalue weighted by Crippen LogP contribution is 2.22. The maximum absolute atomic E-state index is 11.9. The first kappa shape index (κ1) is 16.8. The summed E-state index contributed by atoms with van der Waals surface area (Å²) in [6.45, 7) is 2.52. The topological polar surface area (TPSA) is 69.6 Å². The fraction of sp³-hybridized carbons (Fsp3) is 0.538. The smallest absolute Gasteiger partial charge is 0.317 e. The minimum atomic E-state index is -0.875. The fourth-order valence-corrected chi connectivity index (χ4v) is 2.89. The van der Waals surface area contributed by atoms with Crippen LogP contribution in [0.4, 0.5) is 4.79 Å². The summed E-state index contributed by atoms with van der Waals surface area (Å²) in [6, 6.07) is 3.38. The van der Waals surface area contributed by atoms with Gasteiger partial charge < -0.3 is 15.3 Å². The number of nitrogens with one attached hydrogen (secondary N) is 1. The lowest BCUT2D eigenvalue weighted by molar-refractivity contribution is -0.141. The summed E-state index contributed by atoms with van der Waals surface area (Å²) in [5, 5.41) is 11.7. The average Bonchev–Trinajstić information content (AvgIpc) is 2.79. The van der Waals surface area contributed by atoms with E-state index >= 15 is 0 Å². The van der Waals surface area contributed by atoms with Crippen molar-refractivity contribution in [3.05, 3.63) is 21.3 Å². The molecule has 0 aliphatic rings. The highest BCUT2D eigenvalue weighted by atomic mass is 35.5. The number of carboxylic acid groups (broad SMARTS) is 1. The van der Waals surface area contributed by atoms with Crippen LogP contribution in [0.15, 0.2) is 12.1 Å². The second-order valence-electron chi connectivity index (χ2n) is 4.57. The molecule has 0 fully saturated rings. The van der Waals surface area contributed by atoms with Crippen molar-refractivity contribution in [2.24, 2.45) is 5.92 Å². The van der Waals surface area contributed by atoms with Crippen LogP contribution in [0.5, 0.6) is 0 Å². The lowest BCUT2D eigenvalue weighted by Crippen LogP contribution is -2.40. The monoisotopic (exact) mass is 318 g/mol. The van der Waals surface area contributed by atoms with Crippen molar-refractivity contribution in [1.29, 1.82) is 0 Å². The maximum Gasteiger partial charge on any atom is 0.317 e. The highest BCUT2D eigenvalue weighted by molar-refractivity contribution is 7.16. The van der Waals surface area contributed by atoms with E-state index in [0.29, 0.717) is 17.3 Å². The van der Waals surface area contributed by atoms with Crippen molar-refractivity contribution in [2.45, 2.75) is 26.3 Å². The normalized spacial score (nSPS) is 11.9. The van der Waals surface area contributed by atoms with Crippen LogP contribution in [0, 0.1) is 5.92 Å². The van der Waals surface area contributed by atoms with Gasteiger partial charge in [0.25, 0.3) is 0 Å². The first-order chi connectivity index (χ1) is 9.43. The number of hydrogen-bond acceptors (Lipinski definition) is 3. The van der Waals surface area contributed by atoms with Crippen molar-refractivity contribution < 1.29 is 14.7 Å². The number of hydrogen-bond donors (Lipinski definition) is 2. The molecular weight excluding hydrogens is 300 g/mol. The number of aliphatic carboxylic acids is 1. The molecule has 2 N–H and O–H groups in total. The van der Waals surface area contributed by atoms with E-state index in [2.05, 4.69) is 5.32 Å². The van der Waals surface area contributed by atoms with E-state index in [4.69, 9.17) is 16.7 Å². The standard InChI is InChI=1S/C13H19ClN2O3S/c1-3-4-9(12(17)18)7-15-13(19)16(2)8-10-5-6-11(14)20-10/h5-6,9H,3-4,7-8H2,1-2H3,(H,15,19)(H,17,18). The molecule has 1 rings (SSSR count). The van der Waals surface area contributed by atoms with Gasteiger partial charge in [0, 0.05) is 18.5 Å². The molecule has 1 unspecified atom stereocenters. The van der Waals surface area contributed by atoms with Crippen LogP contribution in [0.2, 0.25) is 4.34 Å².